The molecular weight excluding hydrogens is 849 g/mol. The summed E-state index contributed by atoms with van der Waals surface area (Å²) in [5.41, 5.74) is 12.1. The van der Waals surface area contributed by atoms with Crippen molar-refractivity contribution in [1.29, 1.82) is 0 Å². The van der Waals surface area contributed by atoms with Crippen LogP contribution in [0.4, 0.5) is 34.1 Å². The van der Waals surface area contributed by atoms with Crippen molar-refractivity contribution in [3.63, 3.8) is 0 Å². The normalized spacial score (nSPS) is 12.7. The number of methoxy groups -OCH3 is 6. The Hall–Kier alpha value is -8.65. The molecule has 65 heavy (non-hydrogen) atoms. The van der Waals surface area contributed by atoms with Crippen LogP contribution in [0.1, 0.15) is 0 Å². The van der Waals surface area contributed by atoms with E-state index in [1.165, 1.54) is 28.4 Å². The molecule has 6 aromatic carbocycles. The van der Waals surface area contributed by atoms with Crippen LogP contribution in [0.25, 0.3) is 32.3 Å². The molecule has 2 heterocycles. The first-order chi connectivity index (χ1) is 30.7. The molecule has 0 atom stereocenters. The van der Waals surface area contributed by atoms with Gasteiger partial charge < -0.3 is 66.6 Å². The van der Waals surface area contributed by atoms with Gasteiger partial charge in [-0.15, -0.1) is 0 Å². The van der Waals surface area contributed by atoms with Gasteiger partial charge in [-0.3, -0.25) is 4.79 Å². The first kappa shape index (κ1) is 49.0. The number of carbonyl (C=O) groups is 7. The van der Waals surface area contributed by atoms with E-state index in [0.29, 0.717) is 22.7 Å². The third kappa shape index (κ3) is 9.71. The lowest BCUT2D eigenvalue weighted by Gasteiger charge is -2.36. The second-order valence-corrected chi connectivity index (χ2v) is 13.5. The minimum Gasteiger partial charge on any atom is -0.465 e. The predicted octanol–water partition coefficient (Wildman–Crippen LogP) is 3.52. The van der Waals surface area contributed by atoms with Crippen LogP contribution >= 0.6 is 0 Å². The summed E-state index contributed by atoms with van der Waals surface area (Å²) in [5.74, 6) is -6.79. The summed E-state index contributed by atoms with van der Waals surface area (Å²) in [6.07, 6.45) is 0. The van der Waals surface area contributed by atoms with Gasteiger partial charge in [0.25, 0.3) is 0 Å². The average Bonchev–Trinajstić information content (AvgIpc) is 3.32. The summed E-state index contributed by atoms with van der Waals surface area (Å²) in [7, 11) is 6.89. The Kier molecular flexibility index (Phi) is 15.8. The molecule has 0 bridgehead atoms. The number of benzene rings is 6. The number of esters is 6. The molecule has 20 heteroatoms. The average molecular weight is 895 g/mol. The molecule has 2 aliphatic heterocycles. The molecule has 20 nitrogen and oxygen atoms in total. The Bertz CT molecular complexity index is 2500. The summed E-state index contributed by atoms with van der Waals surface area (Å²) in [5, 5.41) is 17.5. The van der Waals surface area contributed by atoms with Gasteiger partial charge >= 0.3 is 52.9 Å². The number of rotatable bonds is 6. The Morgan fingerprint density at radius 3 is 0.862 bits per heavy atom. The molecule has 0 radical (unpaired) electrons. The van der Waals surface area contributed by atoms with Crippen LogP contribution in [0, 0.1) is 0 Å². The van der Waals surface area contributed by atoms with Crippen LogP contribution in [-0.2, 0) is 62.0 Å². The number of ketones is 1. The van der Waals surface area contributed by atoms with Gasteiger partial charge in [0.15, 0.2) is 0 Å². The lowest BCUT2D eigenvalue weighted by atomic mass is 9.99. The highest BCUT2D eigenvalue weighted by Gasteiger charge is 2.52. The third-order valence-electron chi connectivity index (χ3n) is 9.78. The molecule has 0 spiro atoms. The highest BCUT2D eigenvalue weighted by molar-refractivity contribution is 6.60. The number of nitrogen functional groups attached to an aromatic ring is 2. The van der Waals surface area contributed by atoms with Crippen LogP contribution in [-0.4, -0.2) is 101 Å². The minimum atomic E-state index is -1.79. The molecule has 10 N–H and O–H groups in total. The number of hydrogen-bond donors (Lipinski definition) is 6. The number of carbonyl (C=O) groups excluding carboxylic acids is 7. The van der Waals surface area contributed by atoms with E-state index in [2.05, 4.69) is 30.7 Å². The van der Waals surface area contributed by atoms with Crippen molar-refractivity contribution in [2.24, 2.45) is 0 Å². The Balaban J connectivity index is 0.000000198. The molecule has 6 aromatic rings. The summed E-state index contributed by atoms with van der Waals surface area (Å²) >= 11 is 0. The van der Waals surface area contributed by atoms with E-state index in [9.17, 15) is 33.6 Å². The number of nitrogens with one attached hydrogen (secondary N) is 4. The largest absolute Gasteiger partial charge is 0.465 e. The van der Waals surface area contributed by atoms with Crippen molar-refractivity contribution in [1.82, 2.24) is 0 Å². The molecule has 340 valence electrons. The van der Waals surface area contributed by atoms with E-state index in [1.807, 2.05) is 84.9 Å². The molecule has 0 unspecified atom stereocenters. The van der Waals surface area contributed by atoms with E-state index in [1.54, 1.807) is 24.3 Å². The molecule has 0 aliphatic carbocycles. The Labute approximate surface area is 370 Å². The number of nitrogens with two attached hydrogens (primary N) is 2. The fourth-order valence-corrected chi connectivity index (χ4v) is 6.82. The number of Topliss-reactive ketones (excluding diaryl/α,β-unsaturated/α-hetero) is 1. The Morgan fingerprint density at radius 2 is 0.631 bits per heavy atom. The van der Waals surface area contributed by atoms with Gasteiger partial charge in [0, 0.05) is 50.3 Å². The predicted molar refractivity (Wildman–Crippen MR) is 241 cm³/mol. The summed E-state index contributed by atoms with van der Waals surface area (Å²) < 4.78 is 26.9. The molecule has 0 aromatic heterocycles. The topological polar surface area (TPSA) is 307 Å². The molecule has 8 rings (SSSR count). The first-order valence-electron chi connectivity index (χ1n) is 18.9. The van der Waals surface area contributed by atoms with Crippen LogP contribution in [0.5, 0.6) is 0 Å². The number of fused-ring (bicyclic) bond motifs is 1. The molecular formula is C45H46N6O14. The van der Waals surface area contributed by atoms with Crippen molar-refractivity contribution in [2.45, 2.75) is 11.3 Å². The number of ether oxygens (including phenoxy) is 6. The maximum Gasteiger partial charge on any atom is 0.386 e. The highest BCUT2D eigenvalue weighted by Crippen LogP contribution is 2.40. The number of anilines is 6. The zero-order chi connectivity index (χ0) is 46.8. The third-order valence-corrected chi connectivity index (χ3v) is 9.78. The van der Waals surface area contributed by atoms with E-state index in [4.69, 9.17) is 30.4 Å². The highest BCUT2D eigenvalue weighted by atomic mass is 16.6. The quantitative estimate of drug-likeness (QED) is 0.0458. The molecule has 0 amide bonds. The van der Waals surface area contributed by atoms with Crippen LogP contribution in [0.2, 0.25) is 0 Å². The second-order valence-electron chi connectivity index (χ2n) is 13.5. The lowest BCUT2D eigenvalue weighted by Crippen LogP contribution is -2.61. The Morgan fingerprint density at radius 1 is 0.385 bits per heavy atom. The molecule has 0 fully saturated rings. The first-order valence-corrected chi connectivity index (χ1v) is 18.9. The van der Waals surface area contributed by atoms with Crippen molar-refractivity contribution < 1.29 is 67.5 Å². The molecule has 0 saturated heterocycles. The van der Waals surface area contributed by atoms with Gasteiger partial charge in [0.1, 0.15) is 0 Å². The van der Waals surface area contributed by atoms with Crippen LogP contribution in [0.3, 0.4) is 0 Å². The molecule has 2 aliphatic rings. The van der Waals surface area contributed by atoms with Gasteiger partial charge in [0.05, 0.1) is 42.7 Å². The van der Waals surface area contributed by atoms with Gasteiger partial charge in [-0.05, 0) is 52.6 Å². The summed E-state index contributed by atoms with van der Waals surface area (Å²) in [6, 6.07) is 34.0. The SMILES string of the molecule is COC(=O)C(=O)C(=O)OC.COC(=O)C1(C(=O)OC)Nc2cccc3cccc(c23)N1.COC(=O)C1(C(=O)OC)Nc2cccc3cccc(c23)N1.Nc1cccc2cccc(N)c12.O. The maximum atomic E-state index is 12.2. The van der Waals surface area contributed by atoms with E-state index < -0.39 is 52.9 Å². The van der Waals surface area contributed by atoms with Crippen molar-refractivity contribution in [2.75, 3.05) is 75.4 Å². The monoisotopic (exact) mass is 894 g/mol. The van der Waals surface area contributed by atoms with E-state index in [-0.39, 0.29) is 5.48 Å². The maximum absolute atomic E-state index is 12.2. The van der Waals surface area contributed by atoms with Crippen molar-refractivity contribution in [3.8, 4) is 0 Å². The van der Waals surface area contributed by atoms with Gasteiger partial charge in [-0.25, -0.2) is 28.8 Å². The van der Waals surface area contributed by atoms with Crippen LogP contribution in [0.15, 0.2) is 109 Å². The van der Waals surface area contributed by atoms with Crippen molar-refractivity contribution >= 4 is 108 Å². The second kappa shape index (κ2) is 20.9. The molecule has 0 saturated carbocycles. The number of hydrogen-bond acceptors (Lipinski definition) is 19. The van der Waals surface area contributed by atoms with E-state index in [0.717, 1.165) is 57.9 Å². The zero-order valence-electron chi connectivity index (χ0n) is 35.9. The van der Waals surface area contributed by atoms with Gasteiger partial charge in [-0.1, -0.05) is 72.8 Å². The smallest absolute Gasteiger partial charge is 0.386 e. The van der Waals surface area contributed by atoms with Gasteiger partial charge in [-0.2, -0.15) is 0 Å². The fraction of sp³-hybridized carbons (Fsp3) is 0.178. The summed E-state index contributed by atoms with van der Waals surface area (Å²) in [4.78, 5) is 79.5. The lowest BCUT2D eigenvalue weighted by molar-refractivity contribution is -0.162. The van der Waals surface area contributed by atoms with Crippen molar-refractivity contribution in [3.05, 3.63) is 109 Å². The minimum absolute atomic E-state index is 0. The summed E-state index contributed by atoms with van der Waals surface area (Å²) in [6.45, 7) is 0. The van der Waals surface area contributed by atoms with E-state index >= 15 is 0 Å². The zero-order valence-corrected chi connectivity index (χ0v) is 35.9. The fourth-order valence-electron chi connectivity index (χ4n) is 6.82. The van der Waals surface area contributed by atoms with Crippen LogP contribution < -0.4 is 32.7 Å². The van der Waals surface area contributed by atoms with Gasteiger partial charge in [0.2, 0.25) is 0 Å². The standard InChI is InChI=1S/2C15H14N2O4.C10H10N2.C5H6O5.H2O/c2*1-20-13(18)15(14(19)21-2)16-10-7-3-5-9-6-4-8-11(17-15)12(9)10;11-8-5-1-3-7-4-2-6-9(12)10(7)8;1-9-4(7)3(6)5(8)10-2;/h2*3-8,16-17H,1-2H3;1-6H,11-12H2;1-2H3;1H2.